The van der Waals surface area contributed by atoms with Gasteiger partial charge in [0.1, 0.15) is 0 Å². The van der Waals surface area contributed by atoms with Gasteiger partial charge in [0.25, 0.3) is 0 Å². The molecule has 0 saturated carbocycles. The first-order valence-corrected chi connectivity index (χ1v) is 17.3. The Morgan fingerprint density at radius 3 is 1.56 bits per heavy atom. The summed E-state index contributed by atoms with van der Waals surface area (Å²) in [4.78, 5) is 0. The number of fused-ring (bicyclic) bond motifs is 13. The molecule has 0 saturated heterocycles. The van der Waals surface area contributed by atoms with Crippen LogP contribution in [0.4, 0.5) is 0 Å². The zero-order valence-electron chi connectivity index (χ0n) is 27.2. The maximum absolute atomic E-state index is 2.52. The first-order chi connectivity index (χ1) is 24.8. The van der Waals surface area contributed by atoms with E-state index in [-0.39, 0.29) is 0 Å². The van der Waals surface area contributed by atoms with Crippen molar-refractivity contribution in [2.75, 3.05) is 0 Å². The van der Waals surface area contributed by atoms with Gasteiger partial charge in [0, 0.05) is 38.3 Å². The average Bonchev–Trinajstić information content (AvgIpc) is 3.72. The molecule has 11 aromatic rings. The standard InChI is InChI=1S/C48H30N2/c1-2-12-31(13-3-1)32-24-26-35(27-25-32)49-44-21-11-9-19-42(44)46-47(49)40-17-7-6-16-39(40)45-41-18-8-10-20-43(41)50(48(45)46)36-28-29-38-34(30-36)23-22-33-14-4-5-15-37(33)38/h1-30H. The van der Waals surface area contributed by atoms with E-state index < -0.39 is 0 Å². The van der Waals surface area contributed by atoms with Crippen molar-refractivity contribution in [2.24, 2.45) is 0 Å². The molecule has 0 unspecified atom stereocenters. The molecule has 2 nitrogen and oxygen atoms in total. The number of hydrogen-bond donors (Lipinski definition) is 0. The van der Waals surface area contributed by atoms with Crippen molar-refractivity contribution in [2.45, 2.75) is 0 Å². The largest absolute Gasteiger partial charge is 0.309 e. The Kier molecular flexibility index (Phi) is 5.70. The summed E-state index contributed by atoms with van der Waals surface area (Å²) in [6, 6.07) is 66.7. The van der Waals surface area contributed by atoms with Crippen LogP contribution in [0.1, 0.15) is 0 Å². The Bertz CT molecular complexity index is 3120. The van der Waals surface area contributed by atoms with Crippen molar-refractivity contribution in [1.29, 1.82) is 0 Å². The van der Waals surface area contributed by atoms with Gasteiger partial charge in [-0.05, 0) is 74.5 Å². The van der Waals surface area contributed by atoms with Gasteiger partial charge in [-0.1, -0.05) is 146 Å². The predicted octanol–water partition coefficient (Wildman–Crippen LogP) is 13.0. The molecule has 0 fully saturated rings. The topological polar surface area (TPSA) is 9.86 Å². The third-order valence-electron chi connectivity index (χ3n) is 10.7. The van der Waals surface area contributed by atoms with Crippen molar-refractivity contribution in [3.63, 3.8) is 0 Å². The molecule has 0 amide bonds. The van der Waals surface area contributed by atoms with Gasteiger partial charge in [-0.2, -0.15) is 0 Å². The van der Waals surface area contributed by atoms with E-state index in [4.69, 9.17) is 0 Å². The van der Waals surface area contributed by atoms with Crippen molar-refractivity contribution >= 4 is 75.9 Å². The fraction of sp³-hybridized carbons (Fsp3) is 0. The number of benzene rings is 9. The highest BCUT2D eigenvalue weighted by Gasteiger charge is 2.24. The summed E-state index contributed by atoms with van der Waals surface area (Å²) in [7, 11) is 0. The summed E-state index contributed by atoms with van der Waals surface area (Å²) in [5, 5.41) is 12.7. The highest BCUT2D eigenvalue weighted by molar-refractivity contribution is 6.36. The number of hydrogen-bond acceptors (Lipinski definition) is 0. The summed E-state index contributed by atoms with van der Waals surface area (Å²) >= 11 is 0. The van der Waals surface area contributed by atoms with Crippen LogP contribution in [0.5, 0.6) is 0 Å². The maximum Gasteiger partial charge on any atom is 0.0647 e. The molecular formula is C48H30N2. The van der Waals surface area contributed by atoms with Crippen LogP contribution >= 0.6 is 0 Å². The monoisotopic (exact) mass is 634 g/mol. The fourth-order valence-electron chi connectivity index (χ4n) is 8.50. The van der Waals surface area contributed by atoms with E-state index in [0.717, 1.165) is 5.69 Å². The number of para-hydroxylation sites is 2. The van der Waals surface area contributed by atoms with Crippen LogP contribution in [0.2, 0.25) is 0 Å². The zero-order valence-corrected chi connectivity index (χ0v) is 27.2. The van der Waals surface area contributed by atoms with E-state index in [1.807, 2.05) is 0 Å². The minimum Gasteiger partial charge on any atom is -0.309 e. The predicted molar refractivity (Wildman–Crippen MR) is 213 cm³/mol. The number of aromatic nitrogens is 2. The van der Waals surface area contributed by atoms with Crippen LogP contribution in [-0.4, -0.2) is 9.13 Å². The van der Waals surface area contributed by atoms with E-state index in [0.29, 0.717) is 0 Å². The van der Waals surface area contributed by atoms with Crippen LogP contribution in [0.15, 0.2) is 182 Å². The van der Waals surface area contributed by atoms with E-state index in [2.05, 4.69) is 191 Å². The second kappa shape index (κ2) is 10.4. The van der Waals surface area contributed by atoms with Gasteiger partial charge in [-0.25, -0.2) is 0 Å². The molecule has 2 aromatic heterocycles. The van der Waals surface area contributed by atoms with Crippen LogP contribution in [0.25, 0.3) is 98.4 Å². The third kappa shape index (κ3) is 3.79. The summed E-state index contributed by atoms with van der Waals surface area (Å²) in [6.45, 7) is 0. The van der Waals surface area contributed by atoms with Gasteiger partial charge in [0.2, 0.25) is 0 Å². The van der Waals surface area contributed by atoms with Crippen molar-refractivity contribution in [1.82, 2.24) is 9.13 Å². The summed E-state index contributed by atoms with van der Waals surface area (Å²) in [6.07, 6.45) is 0. The minimum atomic E-state index is 1.15. The Morgan fingerprint density at radius 1 is 0.280 bits per heavy atom. The minimum absolute atomic E-state index is 1.15. The SMILES string of the molecule is c1ccc(-c2ccc(-n3c4ccccc4c4c3c3ccccc3c3c5ccccc5n(-c5ccc6c(ccc7ccccc76)c5)c34)cc2)cc1. The first-order valence-electron chi connectivity index (χ1n) is 17.3. The van der Waals surface area contributed by atoms with Crippen molar-refractivity contribution in [3.05, 3.63) is 182 Å². The van der Waals surface area contributed by atoms with E-state index in [9.17, 15) is 0 Å². The lowest BCUT2D eigenvalue weighted by molar-refractivity contribution is 1.18. The zero-order chi connectivity index (χ0) is 32.8. The lowest BCUT2D eigenvalue weighted by Gasteiger charge is -2.14. The molecule has 0 atom stereocenters. The number of nitrogens with zero attached hydrogens (tertiary/aromatic N) is 2. The highest BCUT2D eigenvalue weighted by Crippen LogP contribution is 2.47. The normalized spacial score (nSPS) is 12.0. The second-order valence-electron chi connectivity index (χ2n) is 13.3. The fourth-order valence-corrected chi connectivity index (χ4v) is 8.50. The molecule has 2 heterocycles. The maximum atomic E-state index is 2.52. The van der Waals surface area contributed by atoms with Crippen molar-refractivity contribution < 1.29 is 0 Å². The third-order valence-corrected chi connectivity index (χ3v) is 10.7. The Labute approximate surface area is 288 Å². The van der Waals surface area contributed by atoms with Gasteiger partial charge in [-0.15, -0.1) is 0 Å². The average molecular weight is 635 g/mol. The molecule has 11 rings (SSSR count). The van der Waals surface area contributed by atoms with Gasteiger partial charge >= 0.3 is 0 Å². The van der Waals surface area contributed by atoms with Crippen LogP contribution in [0.3, 0.4) is 0 Å². The molecule has 0 bridgehead atoms. The van der Waals surface area contributed by atoms with Crippen molar-refractivity contribution in [3.8, 4) is 22.5 Å². The molecule has 0 radical (unpaired) electrons. The highest BCUT2D eigenvalue weighted by atomic mass is 15.0. The Balaban J connectivity index is 1.30. The Morgan fingerprint density at radius 2 is 0.800 bits per heavy atom. The smallest absolute Gasteiger partial charge is 0.0647 e. The van der Waals surface area contributed by atoms with Gasteiger partial charge in [-0.3, -0.25) is 0 Å². The molecule has 50 heavy (non-hydrogen) atoms. The molecule has 2 heteroatoms. The van der Waals surface area contributed by atoms with Gasteiger partial charge in [0.15, 0.2) is 0 Å². The van der Waals surface area contributed by atoms with Gasteiger partial charge in [0.05, 0.1) is 22.1 Å². The lowest BCUT2D eigenvalue weighted by Crippen LogP contribution is -1.97. The molecule has 0 spiro atoms. The van der Waals surface area contributed by atoms with E-state index in [1.165, 1.54) is 92.7 Å². The first kappa shape index (κ1) is 27.3. The summed E-state index contributed by atoms with van der Waals surface area (Å²) in [5.41, 5.74) is 9.65. The van der Waals surface area contributed by atoms with Crippen LogP contribution < -0.4 is 0 Å². The molecule has 0 aliphatic carbocycles. The second-order valence-corrected chi connectivity index (χ2v) is 13.3. The summed E-state index contributed by atoms with van der Waals surface area (Å²) in [5.74, 6) is 0. The van der Waals surface area contributed by atoms with E-state index >= 15 is 0 Å². The molecule has 232 valence electrons. The van der Waals surface area contributed by atoms with E-state index in [1.54, 1.807) is 0 Å². The summed E-state index contributed by atoms with van der Waals surface area (Å²) < 4.78 is 5.00. The Hall–Kier alpha value is -6.64. The van der Waals surface area contributed by atoms with Crippen LogP contribution in [0, 0.1) is 0 Å². The molecule has 0 aliphatic heterocycles. The van der Waals surface area contributed by atoms with Crippen LogP contribution in [-0.2, 0) is 0 Å². The molecule has 0 aliphatic rings. The number of rotatable bonds is 3. The van der Waals surface area contributed by atoms with Gasteiger partial charge < -0.3 is 9.13 Å². The lowest BCUT2D eigenvalue weighted by atomic mass is 9.99. The molecule has 0 N–H and O–H groups in total. The quantitative estimate of drug-likeness (QED) is 0.171. The molecule has 9 aromatic carbocycles. The molecular weight excluding hydrogens is 605 g/mol.